The third kappa shape index (κ3) is 4.43. The Bertz CT molecular complexity index is 558. The second-order valence-electron chi connectivity index (χ2n) is 4.99. The fourth-order valence-corrected chi connectivity index (χ4v) is 2.03. The zero-order chi connectivity index (χ0) is 15.1. The first kappa shape index (κ1) is 15.3. The lowest BCUT2D eigenvalue weighted by Gasteiger charge is -2.24. The summed E-state index contributed by atoms with van der Waals surface area (Å²) in [6.07, 6.45) is 3.78. The zero-order valence-corrected chi connectivity index (χ0v) is 12.4. The van der Waals surface area contributed by atoms with Crippen molar-refractivity contribution >= 4 is 5.82 Å². The summed E-state index contributed by atoms with van der Waals surface area (Å²) in [4.78, 5) is 8.34. The highest BCUT2D eigenvalue weighted by atomic mass is 16.5. The van der Waals surface area contributed by atoms with Crippen LogP contribution in [0.25, 0.3) is 0 Å². The highest BCUT2D eigenvalue weighted by Crippen LogP contribution is 2.24. The van der Waals surface area contributed by atoms with Gasteiger partial charge in [-0.2, -0.15) is 4.98 Å². The monoisotopic (exact) mass is 287 g/mol. The Morgan fingerprint density at radius 1 is 1.24 bits per heavy atom. The van der Waals surface area contributed by atoms with E-state index in [9.17, 15) is 5.11 Å². The molecular formula is C16H21N3O2. The van der Waals surface area contributed by atoms with Crippen LogP contribution in [0.5, 0.6) is 5.88 Å². The molecule has 21 heavy (non-hydrogen) atoms. The number of aliphatic hydroxyl groups is 1. The van der Waals surface area contributed by atoms with Crippen molar-refractivity contribution in [2.75, 3.05) is 18.5 Å². The lowest BCUT2D eigenvalue weighted by Crippen LogP contribution is -2.24. The summed E-state index contributed by atoms with van der Waals surface area (Å²) >= 11 is 0. The number of aromatic nitrogens is 2. The minimum Gasteiger partial charge on any atom is -0.477 e. The Morgan fingerprint density at radius 3 is 2.71 bits per heavy atom. The quantitative estimate of drug-likeness (QED) is 0.819. The third-order valence-electron chi connectivity index (χ3n) is 3.22. The summed E-state index contributed by atoms with van der Waals surface area (Å²) < 4.78 is 5.30. The molecule has 0 aliphatic carbocycles. The molecule has 112 valence electrons. The lowest BCUT2D eigenvalue weighted by atomic mass is 9.93. The van der Waals surface area contributed by atoms with Gasteiger partial charge >= 0.3 is 0 Å². The molecular weight excluding hydrogens is 266 g/mol. The van der Waals surface area contributed by atoms with Gasteiger partial charge in [-0.25, -0.2) is 0 Å². The maximum absolute atomic E-state index is 10.5. The molecule has 0 aliphatic rings. The molecule has 0 saturated carbocycles. The molecule has 1 unspecified atom stereocenters. The van der Waals surface area contributed by atoms with Gasteiger partial charge in [0.1, 0.15) is 5.82 Å². The van der Waals surface area contributed by atoms with Crippen molar-refractivity contribution in [2.24, 2.45) is 0 Å². The van der Waals surface area contributed by atoms with E-state index < -0.39 is 5.60 Å². The van der Waals surface area contributed by atoms with Gasteiger partial charge in [-0.15, -0.1) is 0 Å². The molecule has 0 saturated heterocycles. The number of nitrogens with zero attached hydrogens (tertiary/aromatic N) is 2. The van der Waals surface area contributed by atoms with Gasteiger partial charge < -0.3 is 15.2 Å². The van der Waals surface area contributed by atoms with Crippen LogP contribution < -0.4 is 10.1 Å². The van der Waals surface area contributed by atoms with Crippen molar-refractivity contribution in [3.8, 4) is 5.88 Å². The standard InChI is InChI=1S/C16H21N3O2/c1-3-21-15-12-17-11-14(19-15)18-10-9-16(2,20)13-7-5-4-6-8-13/h4-8,11-12,20H,3,9-10H2,1-2H3,(H,18,19). The fraction of sp³-hybridized carbons (Fsp3) is 0.375. The molecule has 1 heterocycles. The number of hydrogen-bond donors (Lipinski definition) is 2. The molecule has 2 N–H and O–H groups in total. The average molecular weight is 287 g/mol. The van der Waals surface area contributed by atoms with Gasteiger partial charge in [0, 0.05) is 6.54 Å². The summed E-state index contributed by atoms with van der Waals surface area (Å²) in [7, 11) is 0. The highest BCUT2D eigenvalue weighted by Gasteiger charge is 2.22. The summed E-state index contributed by atoms with van der Waals surface area (Å²) in [5, 5.41) is 13.7. The molecule has 0 aliphatic heterocycles. The molecule has 1 aromatic carbocycles. The van der Waals surface area contributed by atoms with E-state index in [2.05, 4.69) is 15.3 Å². The van der Waals surface area contributed by atoms with Gasteiger partial charge in [0.25, 0.3) is 0 Å². The molecule has 2 rings (SSSR count). The van der Waals surface area contributed by atoms with E-state index in [1.807, 2.05) is 44.2 Å². The Hall–Kier alpha value is -2.14. The Balaban J connectivity index is 1.90. The van der Waals surface area contributed by atoms with Crippen LogP contribution in [0.1, 0.15) is 25.8 Å². The van der Waals surface area contributed by atoms with Crippen molar-refractivity contribution < 1.29 is 9.84 Å². The van der Waals surface area contributed by atoms with Crippen LogP contribution in [0.4, 0.5) is 5.82 Å². The molecule has 1 atom stereocenters. The van der Waals surface area contributed by atoms with E-state index in [4.69, 9.17) is 4.74 Å². The molecule has 0 fully saturated rings. The van der Waals surface area contributed by atoms with E-state index >= 15 is 0 Å². The van der Waals surface area contributed by atoms with Crippen LogP contribution in [-0.2, 0) is 5.60 Å². The molecule has 1 aromatic heterocycles. The number of hydrogen-bond acceptors (Lipinski definition) is 5. The average Bonchev–Trinajstić information content (AvgIpc) is 2.49. The van der Waals surface area contributed by atoms with Crippen LogP contribution >= 0.6 is 0 Å². The Morgan fingerprint density at radius 2 is 2.00 bits per heavy atom. The topological polar surface area (TPSA) is 67.3 Å². The van der Waals surface area contributed by atoms with Crippen molar-refractivity contribution in [1.82, 2.24) is 9.97 Å². The Kier molecular flexibility index (Phi) is 5.11. The second-order valence-corrected chi connectivity index (χ2v) is 4.99. The zero-order valence-electron chi connectivity index (χ0n) is 12.4. The van der Waals surface area contributed by atoms with Gasteiger partial charge in [0.05, 0.1) is 24.6 Å². The first-order valence-corrected chi connectivity index (χ1v) is 7.08. The summed E-state index contributed by atoms with van der Waals surface area (Å²) in [5.74, 6) is 1.14. The van der Waals surface area contributed by atoms with Crippen LogP contribution in [-0.4, -0.2) is 28.2 Å². The lowest BCUT2D eigenvalue weighted by molar-refractivity contribution is 0.0515. The molecule has 5 nitrogen and oxygen atoms in total. The van der Waals surface area contributed by atoms with Gasteiger partial charge in [-0.3, -0.25) is 4.98 Å². The molecule has 2 aromatic rings. The largest absolute Gasteiger partial charge is 0.477 e. The molecule has 0 bridgehead atoms. The maximum Gasteiger partial charge on any atom is 0.234 e. The van der Waals surface area contributed by atoms with Crippen molar-refractivity contribution in [3.63, 3.8) is 0 Å². The van der Waals surface area contributed by atoms with Crippen LogP contribution in [0.2, 0.25) is 0 Å². The van der Waals surface area contributed by atoms with Crippen LogP contribution in [0, 0.1) is 0 Å². The first-order valence-electron chi connectivity index (χ1n) is 7.08. The summed E-state index contributed by atoms with van der Waals surface area (Å²) in [5.41, 5.74) is 0.0279. The predicted octanol–water partition coefficient (Wildman–Crippen LogP) is 2.59. The summed E-state index contributed by atoms with van der Waals surface area (Å²) in [6.45, 7) is 4.86. The molecule has 5 heteroatoms. The molecule has 0 radical (unpaired) electrons. The molecule has 0 spiro atoms. The summed E-state index contributed by atoms with van der Waals surface area (Å²) in [6, 6.07) is 9.64. The highest BCUT2D eigenvalue weighted by molar-refractivity contribution is 5.33. The fourth-order valence-electron chi connectivity index (χ4n) is 2.03. The number of benzene rings is 1. The maximum atomic E-state index is 10.5. The van der Waals surface area contributed by atoms with Gasteiger partial charge in [0.15, 0.2) is 0 Å². The van der Waals surface area contributed by atoms with Gasteiger partial charge in [-0.05, 0) is 25.8 Å². The van der Waals surface area contributed by atoms with Crippen molar-refractivity contribution in [2.45, 2.75) is 25.9 Å². The van der Waals surface area contributed by atoms with E-state index in [0.29, 0.717) is 31.3 Å². The number of nitrogens with one attached hydrogen (secondary N) is 1. The SMILES string of the molecule is CCOc1cncc(NCCC(C)(O)c2ccccc2)n1. The Labute approximate surface area is 125 Å². The van der Waals surface area contributed by atoms with E-state index in [-0.39, 0.29) is 0 Å². The predicted molar refractivity (Wildman–Crippen MR) is 82.3 cm³/mol. The van der Waals surface area contributed by atoms with Crippen LogP contribution in [0.15, 0.2) is 42.7 Å². The normalized spacial score (nSPS) is 13.5. The van der Waals surface area contributed by atoms with Crippen molar-refractivity contribution in [3.05, 3.63) is 48.3 Å². The minimum atomic E-state index is -0.876. The molecule has 0 amide bonds. The van der Waals surface area contributed by atoms with E-state index in [1.54, 1.807) is 12.4 Å². The van der Waals surface area contributed by atoms with Gasteiger partial charge in [0.2, 0.25) is 5.88 Å². The van der Waals surface area contributed by atoms with Crippen molar-refractivity contribution in [1.29, 1.82) is 0 Å². The number of anilines is 1. The van der Waals surface area contributed by atoms with E-state index in [0.717, 1.165) is 5.56 Å². The minimum absolute atomic E-state index is 0.498. The third-order valence-corrected chi connectivity index (χ3v) is 3.22. The first-order chi connectivity index (χ1) is 10.1. The van der Waals surface area contributed by atoms with E-state index in [1.165, 1.54) is 0 Å². The smallest absolute Gasteiger partial charge is 0.234 e. The van der Waals surface area contributed by atoms with Gasteiger partial charge in [-0.1, -0.05) is 30.3 Å². The second kappa shape index (κ2) is 7.04. The number of rotatable bonds is 7. The van der Waals surface area contributed by atoms with Crippen LogP contribution in [0.3, 0.4) is 0 Å². The number of ether oxygens (including phenoxy) is 1.